The predicted molar refractivity (Wildman–Crippen MR) is 483 cm³/mol. The van der Waals surface area contributed by atoms with Crippen LogP contribution < -0.4 is 5.46 Å². The molecule has 0 saturated carbocycles. The molecule has 1 aliphatic heterocycles. The molecule has 9 heterocycles. The predicted octanol–water partition coefficient (Wildman–Crippen LogP) is 27.9. The van der Waals surface area contributed by atoms with E-state index in [2.05, 4.69) is 362 Å². The van der Waals surface area contributed by atoms with Gasteiger partial charge in [0, 0.05) is 133 Å². The lowest BCUT2D eigenvalue weighted by Gasteiger charge is -2.32. The van der Waals surface area contributed by atoms with Crippen LogP contribution in [0.2, 0.25) is 0 Å². The van der Waals surface area contributed by atoms with Crippen molar-refractivity contribution in [2.75, 3.05) is 0 Å². The molecule has 8 aromatic heterocycles. The van der Waals surface area contributed by atoms with Crippen molar-refractivity contribution in [3.8, 4) is 67.8 Å². The first kappa shape index (κ1) is 68.2. The van der Waals surface area contributed by atoms with Gasteiger partial charge in [-0.1, -0.05) is 253 Å². The van der Waals surface area contributed by atoms with Crippen LogP contribution in [0.4, 0.5) is 0 Å². The molecule has 1 fully saturated rings. The maximum absolute atomic E-state index is 6.58. The third-order valence-corrected chi connectivity index (χ3v) is 27.5. The standard InChI is InChI=1S/C46H27N3S2.C30H26BNO2S.C22H13BrN2S.H2/c1-2-13-28(14-3-1)42-45-43(35-20-7-11-24-41(35)51-45)48-46(47-42)30-16-12-15-29(25-30)36-26-31(27-37-34-19-6-10-23-40(34)50-44(36)37)49-38-21-8-4-17-32(38)33-18-5-9-22-39(33)49;1-29(2)30(3,4)34-31(33-29)24-18-19(17-23-22-13-7-10-16-27(22)35-28(23)24)32-25-14-8-5-11-20(25)21-12-6-9-15-26(21)32;23-16-10-6-9-15(13-16)22-24-19(14-7-2-1-3-8-14)21-20(25-22)17-11-4-5-12-18(17)26-21;/h1-27H;5-18H,1-4H3;1-13H;1H/i;;;1+1. The summed E-state index contributed by atoms with van der Waals surface area (Å²) >= 11 is 10.8. The van der Waals surface area contributed by atoms with Gasteiger partial charge < -0.3 is 18.4 Å². The minimum absolute atomic E-state index is 0. The maximum atomic E-state index is 6.58. The van der Waals surface area contributed by atoms with Crippen LogP contribution in [-0.2, 0) is 9.31 Å². The second-order valence-corrected chi connectivity index (χ2v) is 34.6. The molecule has 536 valence electrons. The summed E-state index contributed by atoms with van der Waals surface area (Å²) in [7, 11) is -0.427. The molecular weight excluding hydrogens is 1510 g/mol. The Morgan fingerprint density at radius 1 is 0.304 bits per heavy atom. The first-order chi connectivity index (χ1) is 54.9. The Morgan fingerprint density at radius 3 is 1.12 bits per heavy atom. The van der Waals surface area contributed by atoms with Gasteiger partial charge in [0.1, 0.15) is 0 Å². The molecule has 0 radical (unpaired) electrons. The molecule has 0 aliphatic carbocycles. The van der Waals surface area contributed by atoms with Gasteiger partial charge in [0.15, 0.2) is 11.6 Å². The fraction of sp³-hybridized carbons (Fsp3) is 0.0612. The van der Waals surface area contributed by atoms with Crippen LogP contribution >= 0.6 is 61.3 Å². The monoisotopic (exact) mass is 1580 g/mol. The van der Waals surface area contributed by atoms with Crippen LogP contribution in [0.15, 0.2) is 332 Å². The molecule has 0 unspecified atom stereocenters. The van der Waals surface area contributed by atoms with Gasteiger partial charge in [-0.05, 0) is 124 Å². The van der Waals surface area contributed by atoms with Gasteiger partial charge in [-0.15, -0.1) is 45.3 Å². The zero-order chi connectivity index (χ0) is 74.9. The van der Waals surface area contributed by atoms with Crippen molar-refractivity contribution in [2.24, 2.45) is 0 Å². The first-order valence-corrected chi connectivity index (χ1v) is 41.6. The smallest absolute Gasteiger partial charge is 0.399 e. The van der Waals surface area contributed by atoms with Crippen molar-refractivity contribution in [3.63, 3.8) is 0 Å². The van der Waals surface area contributed by atoms with E-state index in [1.54, 1.807) is 22.7 Å². The average molecular weight is 1580 g/mol. The number of fused-ring (bicyclic) bond motifs is 18. The highest BCUT2D eigenvalue weighted by Gasteiger charge is 2.52. The SMILES string of the molecule is Brc1cccc(-c2nc(-c3ccccc3)c3sc4ccccc4c3n2)c1.CC1(C)OB(c2cc(-n3c4ccccc4c4ccccc43)cc3c2sc2ccccc23)OC1(C)C.[2HH].c1ccc(-c2nc(-c3cccc(-c4cc(-n5c6ccccc6c6ccccc65)cc5c4sc4ccccc45)c3)nc3c2sc2ccccc23)cc1. The quantitative estimate of drug-likeness (QED) is 0.141. The van der Waals surface area contributed by atoms with E-state index in [4.69, 9.17) is 29.2 Å². The van der Waals surface area contributed by atoms with Crippen molar-refractivity contribution < 1.29 is 10.7 Å². The van der Waals surface area contributed by atoms with Crippen molar-refractivity contribution in [1.82, 2.24) is 29.1 Å². The Balaban J connectivity index is 0.000000117. The lowest BCUT2D eigenvalue weighted by molar-refractivity contribution is 0.00578. The van der Waals surface area contributed by atoms with Gasteiger partial charge in [-0.25, -0.2) is 19.9 Å². The summed E-state index contributed by atoms with van der Waals surface area (Å²) in [6.07, 6.45) is 0. The van der Waals surface area contributed by atoms with Gasteiger partial charge in [-0.3, -0.25) is 0 Å². The Bertz CT molecular complexity index is 7410. The number of hydrogen-bond donors (Lipinski definition) is 0. The van der Waals surface area contributed by atoms with Crippen LogP contribution in [0.5, 0.6) is 0 Å². The number of benzene rings is 14. The molecule has 22 aromatic rings. The minimum Gasteiger partial charge on any atom is -0.399 e. The van der Waals surface area contributed by atoms with E-state index in [1.165, 1.54) is 110 Å². The highest BCUT2D eigenvalue weighted by atomic mass is 79.9. The molecule has 1 saturated heterocycles. The Morgan fingerprint density at radius 2 is 0.652 bits per heavy atom. The lowest BCUT2D eigenvalue weighted by Crippen LogP contribution is -2.41. The number of rotatable bonds is 8. The van der Waals surface area contributed by atoms with Crippen molar-refractivity contribution >= 4 is 198 Å². The molecule has 23 rings (SSSR count). The fourth-order valence-corrected chi connectivity index (χ4v) is 21.3. The summed E-state index contributed by atoms with van der Waals surface area (Å²) < 4.78 is 28.8. The molecule has 112 heavy (non-hydrogen) atoms. The third-order valence-electron chi connectivity index (χ3n) is 22.2. The number of aromatic nitrogens is 6. The second kappa shape index (κ2) is 27.3. The lowest BCUT2D eigenvalue weighted by atomic mass is 9.78. The van der Waals surface area contributed by atoms with Crippen molar-refractivity contribution in [2.45, 2.75) is 38.9 Å². The molecule has 14 heteroatoms. The zero-order valence-electron chi connectivity index (χ0n) is 61.3. The summed E-state index contributed by atoms with van der Waals surface area (Å²) in [6.45, 7) is 8.47. The number of para-hydroxylation sites is 4. The van der Waals surface area contributed by atoms with Crippen LogP contribution in [0.3, 0.4) is 0 Å². The third kappa shape index (κ3) is 11.6. The molecule has 0 atom stereocenters. The minimum atomic E-state index is -0.427. The number of nitrogens with zero attached hydrogens (tertiary/aromatic N) is 6. The summed E-state index contributed by atoms with van der Waals surface area (Å²) in [6, 6.07) is 116. The second-order valence-electron chi connectivity index (χ2n) is 29.5. The Hall–Kier alpha value is -11.8. The van der Waals surface area contributed by atoms with Crippen LogP contribution in [-0.4, -0.2) is 47.4 Å². The maximum Gasteiger partial charge on any atom is 0.496 e. The number of halogens is 1. The van der Waals surface area contributed by atoms with E-state index in [0.29, 0.717) is 0 Å². The molecule has 0 bridgehead atoms. The summed E-state index contributed by atoms with van der Waals surface area (Å²) in [5.74, 6) is 1.49. The van der Waals surface area contributed by atoms with Crippen LogP contribution in [0.1, 0.15) is 29.1 Å². The average Bonchev–Trinajstić information content (AvgIpc) is 1.64. The van der Waals surface area contributed by atoms with Gasteiger partial charge in [0.05, 0.1) is 65.1 Å². The van der Waals surface area contributed by atoms with Crippen LogP contribution in [0, 0.1) is 0 Å². The highest BCUT2D eigenvalue weighted by molar-refractivity contribution is 9.10. The zero-order valence-corrected chi connectivity index (χ0v) is 66.1. The number of hydrogen-bond acceptors (Lipinski definition) is 10. The largest absolute Gasteiger partial charge is 0.496 e. The topological polar surface area (TPSA) is 79.9 Å². The Kier molecular flexibility index (Phi) is 16.6. The molecule has 0 amide bonds. The van der Waals surface area contributed by atoms with Crippen molar-refractivity contribution in [1.29, 1.82) is 0 Å². The van der Waals surface area contributed by atoms with Crippen molar-refractivity contribution in [3.05, 3.63) is 332 Å². The van der Waals surface area contributed by atoms with Gasteiger partial charge in [0.25, 0.3) is 0 Å². The molecule has 0 N–H and O–H groups in total. The number of thiophene rings is 4. The molecular formula is C98H68BBrN6O2S4. The van der Waals surface area contributed by atoms with E-state index in [1.807, 2.05) is 40.9 Å². The summed E-state index contributed by atoms with van der Waals surface area (Å²) in [5.41, 5.74) is 18.0. The molecule has 8 nitrogen and oxygen atoms in total. The van der Waals surface area contributed by atoms with Gasteiger partial charge >= 0.3 is 7.12 Å². The van der Waals surface area contributed by atoms with E-state index in [9.17, 15) is 0 Å². The Labute approximate surface area is 671 Å². The van der Waals surface area contributed by atoms with E-state index in [0.717, 1.165) is 92.6 Å². The summed E-state index contributed by atoms with van der Waals surface area (Å²) in [5, 5.41) is 12.5. The van der Waals surface area contributed by atoms with Gasteiger partial charge in [0.2, 0.25) is 0 Å². The van der Waals surface area contributed by atoms with Gasteiger partial charge in [-0.2, -0.15) is 0 Å². The fourth-order valence-electron chi connectivity index (χ4n) is 16.1. The molecule has 0 spiro atoms. The first-order valence-electron chi connectivity index (χ1n) is 37.5. The van der Waals surface area contributed by atoms with E-state index < -0.39 is 18.3 Å². The normalized spacial score (nSPS) is 13.5. The molecule has 14 aromatic carbocycles. The van der Waals surface area contributed by atoms with Crippen LogP contribution in [0.25, 0.3) is 192 Å². The van der Waals surface area contributed by atoms with E-state index in [-0.39, 0.29) is 1.43 Å². The van der Waals surface area contributed by atoms with E-state index >= 15 is 0 Å². The highest BCUT2D eigenvalue weighted by Crippen LogP contribution is 2.48. The summed E-state index contributed by atoms with van der Waals surface area (Å²) in [4.78, 5) is 20.5. The molecule has 1 aliphatic rings.